The van der Waals surface area contributed by atoms with Gasteiger partial charge in [0.25, 0.3) is 0 Å². The summed E-state index contributed by atoms with van der Waals surface area (Å²) < 4.78 is 5.63. The van der Waals surface area contributed by atoms with E-state index in [9.17, 15) is 4.79 Å². The number of carbonyl (C=O) groups is 1. The summed E-state index contributed by atoms with van der Waals surface area (Å²) in [6, 6.07) is 12.3. The third-order valence-corrected chi connectivity index (χ3v) is 5.45. The zero-order valence-electron chi connectivity index (χ0n) is 17.1. The SMILES string of the molecule is Cc1cc2nc(-c3ccc(CNC(=O)[C@@H]4CC[C@H](CN)O4)cc3)[nH]c2cc1C.Cl.Cl. The molecule has 1 saturated heterocycles. The second-order valence-corrected chi connectivity index (χ2v) is 7.51. The van der Waals surface area contributed by atoms with E-state index >= 15 is 0 Å². The van der Waals surface area contributed by atoms with E-state index in [0.717, 1.165) is 40.8 Å². The Morgan fingerprint density at radius 3 is 2.53 bits per heavy atom. The number of hydrogen-bond donors (Lipinski definition) is 3. The molecule has 1 aliphatic rings. The fourth-order valence-electron chi connectivity index (χ4n) is 3.56. The van der Waals surface area contributed by atoms with Crippen LogP contribution in [0, 0.1) is 13.8 Å². The Morgan fingerprint density at radius 2 is 1.87 bits per heavy atom. The number of nitrogens with one attached hydrogen (secondary N) is 2. The van der Waals surface area contributed by atoms with Crippen molar-refractivity contribution in [1.82, 2.24) is 15.3 Å². The fourth-order valence-corrected chi connectivity index (χ4v) is 3.56. The minimum Gasteiger partial charge on any atom is -0.364 e. The van der Waals surface area contributed by atoms with E-state index in [2.05, 4.69) is 36.3 Å². The lowest BCUT2D eigenvalue weighted by molar-refractivity contribution is -0.132. The van der Waals surface area contributed by atoms with Crippen LogP contribution in [0.3, 0.4) is 0 Å². The maximum Gasteiger partial charge on any atom is 0.249 e. The van der Waals surface area contributed by atoms with Crippen LogP contribution in [-0.4, -0.2) is 34.6 Å². The molecule has 4 rings (SSSR count). The number of rotatable bonds is 5. The zero-order chi connectivity index (χ0) is 19.7. The smallest absolute Gasteiger partial charge is 0.249 e. The van der Waals surface area contributed by atoms with Crippen LogP contribution in [0.2, 0.25) is 0 Å². The van der Waals surface area contributed by atoms with Gasteiger partial charge < -0.3 is 20.8 Å². The normalized spacial score (nSPS) is 18.0. The van der Waals surface area contributed by atoms with Crippen molar-refractivity contribution in [2.24, 2.45) is 5.73 Å². The van der Waals surface area contributed by atoms with E-state index in [4.69, 9.17) is 15.5 Å². The molecule has 0 spiro atoms. The highest BCUT2D eigenvalue weighted by Crippen LogP contribution is 2.23. The Balaban J connectivity index is 0.00000160. The summed E-state index contributed by atoms with van der Waals surface area (Å²) in [5, 5.41) is 2.95. The predicted molar refractivity (Wildman–Crippen MR) is 124 cm³/mol. The van der Waals surface area contributed by atoms with Crippen LogP contribution in [0.25, 0.3) is 22.4 Å². The van der Waals surface area contributed by atoms with Crippen molar-refractivity contribution in [2.75, 3.05) is 6.54 Å². The first kappa shape index (κ1) is 24.2. The number of amides is 1. The lowest BCUT2D eigenvalue weighted by Crippen LogP contribution is -2.35. The number of carbonyl (C=O) groups excluding carboxylic acids is 1. The first-order chi connectivity index (χ1) is 13.5. The molecule has 0 saturated carbocycles. The van der Waals surface area contributed by atoms with E-state index in [0.29, 0.717) is 13.1 Å². The molecule has 162 valence electrons. The Kier molecular flexibility index (Phi) is 8.26. The number of aryl methyl sites for hydroxylation is 2. The standard InChI is InChI=1S/C22H26N4O2.2ClH/c1-13-9-18-19(10-14(13)2)26-21(25-18)16-5-3-15(4-6-16)12-24-22(27)20-8-7-17(11-23)28-20;;/h3-6,9-10,17,20H,7-8,11-12,23H2,1-2H3,(H,24,27)(H,25,26);2*1H/t17-,20+;;/m1../s1. The number of aromatic nitrogens is 2. The lowest BCUT2D eigenvalue weighted by atomic mass is 10.1. The van der Waals surface area contributed by atoms with Crippen LogP contribution in [0.1, 0.15) is 29.5 Å². The highest BCUT2D eigenvalue weighted by Gasteiger charge is 2.29. The second-order valence-electron chi connectivity index (χ2n) is 7.51. The van der Waals surface area contributed by atoms with Gasteiger partial charge in [0.2, 0.25) is 5.91 Å². The Labute approximate surface area is 188 Å². The van der Waals surface area contributed by atoms with Crippen molar-refractivity contribution in [3.05, 3.63) is 53.1 Å². The summed E-state index contributed by atoms with van der Waals surface area (Å²) in [5.41, 5.74) is 12.2. The number of halogens is 2. The summed E-state index contributed by atoms with van der Waals surface area (Å²) in [6.45, 7) is 5.14. The topological polar surface area (TPSA) is 93.0 Å². The van der Waals surface area contributed by atoms with Gasteiger partial charge in [-0.3, -0.25) is 4.79 Å². The van der Waals surface area contributed by atoms with E-state index in [1.165, 1.54) is 11.1 Å². The summed E-state index contributed by atoms with van der Waals surface area (Å²) >= 11 is 0. The molecule has 0 aliphatic carbocycles. The molecular formula is C22H28Cl2N4O2. The molecule has 1 aliphatic heterocycles. The molecular weight excluding hydrogens is 423 g/mol. The van der Waals surface area contributed by atoms with Crippen molar-refractivity contribution >= 4 is 41.8 Å². The maximum absolute atomic E-state index is 12.2. The highest BCUT2D eigenvalue weighted by atomic mass is 35.5. The number of fused-ring (bicyclic) bond motifs is 1. The van der Waals surface area contributed by atoms with Crippen LogP contribution < -0.4 is 11.1 Å². The van der Waals surface area contributed by atoms with Crippen LogP contribution in [0.15, 0.2) is 36.4 Å². The summed E-state index contributed by atoms with van der Waals surface area (Å²) in [7, 11) is 0. The molecule has 2 heterocycles. The van der Waals surface area contributed by atoms with E-state index in [1.54, 1.807) is 0 Å². The lowest BCUT2D eigenvalue weighted by Gasteiger charge is -2.12. The van der Waals surface area contributed by atoms with Gasteiger partial charge in [-0.1, -0.05) is 24.3 Å². The van der Waals surface area contributed by atoms with Gasteiger partial charge in [0.15, 0.2) is 0 Å². The minimum atomic E-state index is -0.379. The molecule has 3 aromatic rings. The van der Waals surface area contributed by atoms with Crippen molar-refractivity contribution in [2.45, 2.75) is 45.4 Å². The number of H-pyrrole nitrogens is 1. The molecule has 0 unspecified atom stereocenters. The van der Waals surface area contributed by atoms with Gasteiger partial charge in [-0.15, -0.1) is 24.8 Å². The van der Waals surface area contributed by atoms with Gasteiger partial charge in [0.1, 0.15) is 11.9 Å². The minimum absolute atomic E-state index is 0. The Bertz CT molecular complexity index is 965. The molecule has 30 heavy (non-hydrogen) atoms. The van der Waals surface area contributed by atoms with Gasteiger partial charge in [-0.25, -0.2) is 4.98 Å². The van der Waals surface area contributed by atoms with Crippen LogP contribution in [-0.2, 0) is 16.1 Å². The second kappa shape index (κ2) is 10.3. The molecule has 1 amide bonds. The number of ether oxygens (including phenoxy) is 1. The van der Waals surface area contributed by atoms with E-state index in [-0.39, 0.29) is 42.9 Å². The third-order valence-electron chi connectivity index (χ3n) is 5.45. The molecule has 8 heteroatoms. The molecule has 1 fully saturated rings. The monoisotopic (exact) mass is 450 g/mol. The third kappa shape index (κ3) is 5.13. The van der Waals surface area contributed by atoms with Crippen molar-refractivity contribution in [3.63, 3.8) is 0 Å². The Morgan fingerprint density at radius 1 is 1.17 bits per heavy atom. The summed E-state index contributed by atoms with van der Waals surface area (Å²) in [6.07, 6.45) is 1.21. The molecule has 6 nitrogen and oxygen atoms in total. The van der Waals surface area contributed by atoms with E-state index < -0.39 is 0 Å². The van der Waals surface area contributed by atoms with Gasteiger partial charge in [0, 0.05) is 18.7 Å². The molecule has 2 atom stereocenters. The summed E-state index contributed by atoms with van der Waals surface area (Å²) in [4.78, 5) is 20.3. The number of imidazole rings is 1. The average Bonchev–Trinajstić information content (AvgIpc) is 3.34. The van der Waals surface area contributed by atoms with Gasteiger partial charge in [-0.05, 0) is 55.5 Å². The van der Waals surface area contributed by atoms with E-state index in [1.807, 2.05) is 24.3 Å². The number of nitrogens with two attached hydrogens (primary N) is 1. The van der Waals surface area contributed by atoms with Crippen LogP contribution in [0.4, 0.5) is 0 Å². The van der Waals surface area contributed by atoms with Crippen molar-refractivity contribution in [1.29, 1.82) is 0 Å². The number of aromatic amines is 1. The van der Waals surface area contributed by atoms with Gasteiger partial charge in [0.05, 0.1) is 17.1 Å². The van der Waals surface area contributed by atoms with Crippen molar-refractivity contribution < 1.29 is 9.53 Å². The van der Waals surface area contributed by atoms with Gasteiger partial charge in [-0.2, -0.15) is 0 Å². The first-order valence-corrected chi connectivity index (χ1v) is 9.73. The fraction of sp³-hybridized carbons (Fsp3) is 0.364. The molecule has 0 radical (unpaired) electrons. The zero-order valence-corrected chi connectivity index (χ0v) is 18.7. The Hall–Kier alpha value is -2.12. The van der Waals surface area contributed by atoms with Gasteiger partial charge >= 0.3 is 0 Å². The maximum atomic E-state index is 12.2. The summed E-state index contributed by atoms with van der Waals surface area (Å²) in [5.74, 6) is 0.783. The molecule has 4 N–H and O–H groups in total. The highest BCUT2D eigenvalue weighted by molar-refractivity contribution is 5.85. The molecule has 2 aromatic carbocycles. The van der Waals surface area contributed by atoms with Crippen LogP contribution >= 0.6 is 24.8 Å². The number of hydrogen-bond acceptors (Lipinski definition) is 4. The van der Waals surface area contributed by atoms with Crippen LogP contribution in [0.5, 0.6) is 0 Å². The average molecular weight is 451 g/mol. The number of benzene rings is 2. The first-order valence-electron chi connectivity index (χ1n) is 9.73. The quantitative estimate of drug-likeness (QED) is 0.550. The molecule has 1 aromatic heterocycles. The number of nitrogens with zero attached hydrogens (tertiary/aromatic N) is 1. The predicted octanol–water partition coefficient (Wildman–Crippen LogP) is 3.81. The largest absolute Gasteiger partial charge is 0.364 e. The van der Waals surface area contributed by atoms with Crippen molar-refractivity contribution in [3.8, 4) is 11.4 Å². The molecule has 0 bridgehead atoms.